The Morgan fingerprint density at radius 2 is 1.42 bits per heavy atom. The first-order valence-electron chi connectivity index (χ1n) is 10.6. The van der Waals surface area contributed by atoms with Gasteiger partial charge in [0.2, 0.25) is 0 Å². The van der Waals surface area contributed by atoms with Crippen LogP contribution >= 0.6 is 0 Å². The summed E-state index contributed by atoms with van der Waals surface area (Å²) in [4.78, 5) is 28.7. The number of amides is 2. The summed E-state index contributed by atoms with van der Waals surface area (Å²) >= 11 is 0. The number of rotatable bonds is 6. The van der Waals surface area contributed by atoms with E-state index in [4.69, 9.17) is 9.47 Å². The number of nitrogens with zero attached hydrogens (tertiary/aromatic N) is 1. The predicted molar refractivity (Wildman–Crippen MR) is 130 cm³/mol. The maximum atomic E-state index is 13.8. The molecule has 0 fully saturated rings. The van der Waals surface area contributed by atoms with Crippen molar-refractivity contribution in [2.45, 2.75) is 20.8 Å². The second-order valence-corrected chi connectivity index (χ2v) is 8.01. The van der Waals surface area contributed by atoms with E-state index in [2.05, 4.69) is 5.32 Å². The predicted octanol–water partition coefficient (Wildman–Crippen LogP) is 5.03. The highest BCUT2D eigenvalue weighted by Gasteiger charge is 2.42. The first kappa shape index (κ1) is 22.1. The molecule has 1 heterocycles. The average molecular weight is 443 g/mol. The Hall–Kier alpha value is -4.06. The summed E-state index contributed by atoms with van der Waals surface area (Å²) < 4.78 is 11.0. The van der Waals surface area contributed by atoms with Crippen molar-refractivity contribution in [3.8, 4) is 11.5 Å². The lowest BCUT2D eigenvalue weighted by Gasteiger charge is -2.19. The first-order valence-corrected chi connectivity index (χ1v) is 10.6. The van der Waals surface area contributed by atoms with Gasteiger partial charge in [-0.15, -0.1) is 0 Å². The molecule has 4 rings (SSSR count). The molecule has 2 amide bonds. The van der Waals surface area contributed by atoms with Crippen LogP contribution in [0.5, 0.6) is 11.5 Å². The molecule has 0 radical (unpaired) electrons. The van der Waals surface area contributed by atoms with E-state index in [1.165, 1.54) is 12.0 Å². The van der Waals surface area contributed by atoms with Gasteiger partial charge in [0, 0.05) is 11.3 Å². The van der Waals surface area contributed by atoms with Gasteiger partial charge in [-0.25, -0.2) is 4.90 Å². The van der Waals surface area contributed by atoms with Gasteiger partial charge < -0.3 is 14.8 Å². The highest BCUT2D eigenvalue weighted by atomic mass is 16.5. The van der Waals surface area contributed by atoms with Gasteiger partial charge in [-0.1, -0.05) is 36.4 Å². The summed E-state index contributed by atoms with van der Waals surface area (Å²) in [5.41, 5.74) is 5.05. The van der Waals surface area contributed by atoms with E-state index in [1.807, 2.05) is 57.2 Å². The molecular formula is C27H26N2O4. The first-order chi connectivity index (χ1) is 15.8. The normalized spacial score (nSPS) is 13.5. The molecule has 3 aromatic rings. The van der Waals surface area contributed by atoms with Crippen molar-refractivity contribution in [1.82, 2.24) is 0 Å². The maximum absolute atomic E-state index is 13.8. The lowest BCUT2D eigenvalue weighted by Crippen LogP contribution is -2.32. The van der Waals surface area contributed by atoms with Crippen LogP contribution in [0.15, 0.2) is 66.4 Å². The van der Waals surface area contributed by atoms with Crippen molar-refractivity contribution in [3.63, 3.8) is 0 Å². The van der Waals surface area contributed by atoms with E-state index in [0.29, 0.717) is 22.7 Å². The Kier molecular flexibility index (Phi) is 5.92. The monoisotopic (exact) mass is 442 g/mol. The number of imide groups is 1. The molecule has 0 saturated heterocycles. The van der Waals surface area contributed by atoms with Gasteiger partial charge in [-0.3, -0.25) is 9.59 Å². The van der Waals surface area contributed by atoms with E-state index in [-0.39, 0.29) is 11.3 Å². The zero-order valence-electron chi connectivity index (χ0n) is 19.4. The van der Waals surface area contributed by atoms with Gasteiger partial charge in [0.1, 0.15) is 17.2 Å². The van der Waals surface area contributed by atoms with Crippen molar-refractivity contribution in [2.24, 2.45) is 0 Å². The summed E-state index contributed by atoms with van der Waals surface area (Å²) in [6.45, 7) is 5.83. The number of anilines is 2. The van der Waals surface area contributed by atoms with Gasteiger partial charge in [0.15, 0.2) is 0 Å². The maximum Gasteiger partial charge on any atom is 0.282 e. The molecule has 6 heteroatoms. The molecule has 0 atom stereocenters. The van der Waals surface area contributed by atoms with E-state index in [0.717, 1.165) is 22.4 Å². The minimum Gasteiger partial charge on any atom is -0.496 e. The van der Waals surface area contributed by atoms with Crippen molar-refractivity contribution in [2.75, 3.05) is 24.4 Å². The Morgan fingerprint density at radius 3 is 2.15 bits per heavy atom. The third-order valence-electron chi connectivity index (χ3n) is 5.69. The number of hydrogen-bond donors (Lipinski definition) is 1. The molecule has 1 N–H and O–H groups in total. The molecule has 0 bridgehead atoms. The molecule has 0 unspecified atom stereocenters. The summed E-state index contributed by atoms with van der Waals surface area (Å²) in [5, 5.41) is 3.25. The van der Waals surface area contributed by atoms with E-state index >= 15 is 0 Å². The van der Waals surface area contributed by atoms with Crippen LogP contribution in [0.2, 0.25) is 0 Å². The number of methoxy groups -OCH3 is 2. The van der Waals surface area contributed by atoms with Gasteiger partial charge in [-0.2, -0.15) is 0 Å². The van der Waals surface area contributed by atoms with Gasteiger partial charge in [0.25, 0.3) is 11.8 Å². The summed E-state index contributed by atoms with van der Waals surface area (Å²) in [6, 6.07) is 18.5. The molecule has 0 spiro atoms. The zero-order valence-corrected chi connectivity index (χ0v) is 19.4. The quantitative estimate of drug-likeness (QED) is 0.543. The molecule has 6 nitrogen and oxygen atoms in total. The molecule has 1 aliphatic heterocycles. The highest BCUT2D eigenvalue weighted by molar-refractivity contribution is 6.46. The Bertz CT molecular complexity index is 1290. The lowest BCUT2D eigenvalue weighted by molar-refractivity contribution is -0.120. The number of para-hydroxylation sites is 1. The van der Waals surface area contributed by atoms with Crippen LogP contribution in [0.4, 0.5) is 11.4 Å². The molecular weight excluding hydrogens is 416 g/mol. The Balaban J connectivity index is 1.92. The van der Waals surface area contributed by atoms with Gasteiger partial charge >= 0.3 is 0 Å². The number of carbonyl (C=O) groups excluding carboxylic acids is 2. The fourth-order valence-corrected chi connectivity index (χ4v) is 3.95. The van der Waals surface area contributed by atoms with Crippen LogP contribution in [0.3, 0.4) is 0 Å². The van der Waals surface area contributed by atoms with Gasteiger partial charge in [-0.05, 0) is 61.7 Å². The molecule has 0 aromatic heterocycles. The van der Waals surface area contributed by atoms with Gasteiger partial charge in [0.05, 0.1) is 25.5 Å². The SMILES string of the molecule is COc1ccccc1C1=C(Nc2cc(C)ccc2C)C(=O)N(c2cc(C)ccc2OC)C1=O. The van der Waals surface area contributed by atoms with Crippen LogP contribution in [0.25, 0.3) is 5.57 Å². The molecule has 168 valence electrons. The number of aryl methyl sites for hydroxylation is 3. The number of benzene rings is 3. The third kappa shape index (κ3) is 3.96. The van der Waals surface area contributed by atoms with Crippen LogP contribution in [0.1, 0.15) is 22.3 Å². The molecule has 3 aromatic carbocycles. The lowest BCUT2D eigenvalue weighted by atomic mass is 10.0. The second kappa shape index (κ2) is 8.82. The molecule has 33 heavy (non-hydrogen) atoms. The van der Waals surface area contributed by atoms with Crippen LogP contribution < -0.4 is 19.7 Å². The standard InChI is InChI=1S/C27H26N2O4/c1-16-10-12-18(3)20(14-16)28-25-24(19-8-6-7-9-22(19)32-4)26(30)29(27(25)31)21-15-17(2)11-13-23(21)33-5/h6-15,28H,1-5H3. The minimum atomic E-state index is -0.453. The molecule has 0 aliphatic carbocycles. The summed E-state index contributed by atoms with van der Waals surface area (Å²) in [5.74, 6) is 0.0496. The molecule has 1 aliphatic rings. The fourth-order valence-electron chi connectivity index (χ4n) is 3.95. The molecule has 0 saturated carbocycles. The van der Waals surface area contributed by atoms with Crippen LogP contribution in [0, 0.1) is 20.8 Å². The third-order valence-corrected chi connectivity index (χ3v) is 5.69. The smallest absolute Gasteiger partial charge is 0.282 e. The average Bonchev–Trinajstić information content (AvgIpc) is 3.05. The fraction of sp³-hybridized carbons (Fsp3) is 0.185. The number of carbonyl (C=O) groups is 2. The second-order valence-electron chi connectivity index (χ2n) is 8.01. The van der Waals surface area contributed by atoms with Crippen LogP contribution in [-0.4, -0.2) is 26.0 Å². The largest absolute Gasteiger partial charge is 0.496 e. The number of ether oxygens (including phenoxy) is 2. The van der Waals surface area contributed by atoms with E-state index in [1.54, 1.807) is 31.4 Å². The summed E-state index contributed by atoms with van der Waals surface area (Å²) in [7, 11) is 3.06. The van der Waals surface area contributed by atoms with E-state index in [9.17, 15) is 9.59 Å². The van der Waals surface area contributed by atoms with E-state index < -0.39 is 11.8 Å². The minimum absolute atomic E-state index is 0.196. The van der Waals surface area contributed by atoms with Crippen molar-refractivity contribution >= 4 is 28.8 Å². The number of hydrogen-bond acceptors (Lipinski definition) is 5. The van der Waals surface area contributed by atoms with Crippen molar-refractivity contribution in [3.05, 3.63) is 88.6 Å². The van der Waals surface area contributed by atoms with Crippen molar-refractivity contribution < 1.29 is 19.1 Å². The topological polar surface area (TPSA) is 67.9 Å². The zero-order chi connectivity index (χ0) is 23.7. The van der Waals surface area contributed by atoms with Crippen molar-refractivity contribution in [1.29, 1.82) is 0 Å². The van der Waals surface area contributed by atoms with Crippen LogP contribution in [-0.2, 0) is 9.59 Å². The number of nitrogens with one attached hydrogen (secondary N) is 1. The summed E-state index contributed by atoms with van der Waals surface area (Å²) in [6.07, 6.45) is 0. The Labute approximate surface area is 193 Å². The Morgan fingerprint density at radius 1 is 0.758 bits per heavy atom. The highest BCUT2D eigenvalue weighted by Crippen LogP contribution is 2.40.